The highest BCUT2D eigenvalue weighted by Gasteiger charge is 2.12. The molecule has 6 heteroatoms. The Morgan fingerprint density at radius 2 is 2.07 bits per heavy atom. The number of carboxylic acid groups (broad SMARTS) is 1. The van der Waals surface area contributed by atoms with Crippen molar-refractivity contribution in [2.75, 3.05) is 12.8 Å². The highest BCUT2D eigenvalue weighted by atomic mass is 35.5. The first-order chi connectivity index (χ1) is 6.06. The summed E-state index contributed by atoms with van der Waals surface area (Å²) in [6, 6.07) is 2.31. The van der Waals surface area contributed by atoms with Gasteiger partial charge in [0.25, 0.3) is 0 Å². The lowest BCUT2D eigenvalue weighted by atomic mass is 10.1. The highest BCUT2D eigenvalue weighted by molar-refractivity contribution is 5.94. The lowest BCUT2D eigenvalue weighted by Gasteiger charge is -2.06. The Morgan fingerprint density at radius 1 is 1.50 bits per heavy atom. The number of phenolic OH excluding ortho intramolecular Hbond substituents is 1. The smallest absolute Gasteiger partial charge is 0.337 e. The number of carbonyl (C=O) groups is 1. The van der Waals surface area contributed by atoms with Crippen molar-refractivity contribution in [3.63, 3.8) is 0 Å². The third-order valence-corrected chi connectivity index (χ3v) is 1.58. The molecule has 0 fully saturated rings. The zero-order valence-corrected chi connectivity index (χ0v) is 8.17. The largest absolute Gasteiger partial charge is 0.504 e. The molecule has 78 valence electrons. The molecule has 0 saturated heterocycles. The standard InChI is InChI=1S/C8H9NO4.ClH/c1-13-7-2-4(8(11)12)5(9)3-6(7)10;/h2-3,10H,9H2,1H3,(H,11,12);1H. The number of aromatic hydroxyl groups is 1. The Morgan fingerprint density at radius 3 is 2.50 bits per heavy atom. The summed E-state index contributed by atoms with van der Waals surface area (Å²) in [5.41, 5.74) is 5.27. The van der Waals surface area contributed by atoms with Gasteiger partial charge in [-0.05, 0) is 0 Å². The van der Waals surface area contributed by atoms with E-state index in [2.05, 4.69) is 0 Å². The fraction of sp³-hybridized carbons (Fsp3) is 0.125. The molecule has 0 aliphatic carbocycles. The van der Waals surface area contributed by atoms with E-state index in [0.29, 0.717) is 0 Å². The van der Waals surface area contributed by atoms with Crippen LogP contribution in [0.5, 0.6) is 11.5 Å². The summed E-state index contributed by atoms with van der Waals surface area (Å²) >= 11 is 0. The Bertz CT molecular complexity index is 353. The number of nitrogens with two attached hydrogens (primary N) is 1. The van der Waals surface area contributed by atoms with Gasteiger partial charge in [0.15, 0.2) is 11.5 Å². The second-order valence-corrected chi connectivity index (χ2v) is 2.42. The molecular weight excluding hydrogens is 210 g/mol. The van der Waals surface area contributed by atoms with E-state index in [9.17, 15) is 9.90 Å². The third-order valence-electron chi connectivity index (χ3n) is 1.58. The minimum absolute atomic E-state index is 0. The Hall–Kier alpha value is -1.62. The molecule has 0 atom stereocenters. The summed E-state index contributed by atoms with van der Waals surface area (Å²) in [5.74, 6) is -1.24. The van der Waals surface area contributed by atoms with Crippen LogP contribution in [0.15, 0.2) is 12.1 Å². The van der Waals surface area contributed by atoms with Gasteiger partial charge in [-0.1, -0.05) is 0 Å². The second-order valence-electron chi connectivity index (χ2n) is 2.42. The topological polar surface area (TPSA) is 92.8 Å². The third kappa shape index (κ3) is 2.20. The van der Waals surface area contributed by atoms with Crippen LogP contribution in [-0.4, -0.2) is 23.3 Å². The van der Waals surface area contributed by atoms with Gasteiger partial charge in [-0.3, -0.25) is 0 Å². The molecule has 1 aromatic rings. The number of methoxy groups -OCH3 is 1. The first-order valence-corrected chi connectivity index (χ1v) is 3.46. The Kier molecular flexibility index (Phi) is 4.04. The van der Waals surface area contributed by atoms with Gasteiger partial charge in [-0.2, -0.15) is 0 Å². The number of rotatable bonds is 2. The van der Waals surface area contributed by atoms with E-state index in [-0.39, 0.29) is 35.2 Å². The van der Waals surface area contributed by atoms with Crippen LogP contribution < -0.4 is 10.5 Å². The van der Waals surface area contributed by atoms with Crippen LogP contribution in [0.4, 0.5) is 5.69 Å². The van der Waals surface area contributed by atoms with Crippen LogP contribution in [0, 0.1) is 0 Å². The molecule has 4 N–H and O–H groups in total. The zero-order valence-electron chi connectivity index (χ0n) is 7.35. The molecule has 0 aliphatic heterocycles. The van der Waals surface area contributed by atoms with Crippen molar-refractivity contribution in [3.8, 4) is 11.5 Å². The lowest BCUT2D eigenvalue weighted by Crippen LogP contribution is -2.02. The number of phenols is 1. The molecule has 5 nitrogen and oxygen atoms in total. The number of hydrogen-bond donors (Lipinski definition) is 3. The molecule has 0 saturated carbocycles. The summed E-state index contributed by atoms with van der Waals surface area (Å²) in [5, 5.41) is 17.9. The maximum absolute atomic E-state index is 10.6. The van der Waals surface area contributed by atoms with Gasteiger partial charge >= 0.3 is 5.97 Å². The summed E-state index contributed by atoms with van der Waals surface area (Å²) in [6.07, 6.45) is 0. The van der Waals surface area contributed by atoms with Crippen molar-refractivity contribution >= 4 is 24.1 Å². The van der Waals surface area contributed by atoms with Gasteiger partial charge in [-0.15, -0.1) is 12.4 Å². The van der Waals surface area contributed by atoms with E-state index in [1.54, 1.807) is 0 Å². The highest BCUT2D eigenvalue weighted by Crippen LogP contribution is 2.30. The van der Waals surface area contributed by atoms with Crippen LogP contribution in [0.3, 0.4) is 0 Å². The average molecular weight is 220 g/mol. The SMILES string of the molecule is COc1cc(C(=O)O)c(N)cc1O.Cl. The first kappa shape index (κ1) is 12.4. The molecule has 1 aromatic carbocycles. The number of halogens is 1. The molecule has 0 aliphatic rings. The van der Waals surface area contributed by atoms with E-state index in [1.807, 2.05) is 0 Å². The van der Waals surface area contributed by atoms with Crippen molar-refractivity contribution in [1.82, 2.24) is 0 Å². The second kappa shape index (κ2) is 4.57. The Labute approximate surface area is 86.5 Å². The summed E-state index contributed by atoms with van der Waals surface area (Å²) in [6.45, 7) is 0. The van der Waals surface area contributed by atoms with Gasteiger partial charge in [0.05, 0.1) is 18.4 Å². The molecule has 0 unspecified atom stereocenters. The summed E-state index contributed by atoms with van der Waals surface area (Å²) < 4.78 is 4.72. The monoisotopic (exact) mass is 219 g/mol. The van der Waals surface area contributed by atoms with Gasteiger partial charge in [0.1, 0.15) is 0 Å². The van der Waals surface area contributed by atoms with Gasteiger partial charge in [0.2, 0.25) is 0 Å². The average Bonchev–Trinajstić information content (AvgIpc) is 2.03. The molecule has 1 rings (SSSR count). The minimum atomic E-state index is -1.16. The number of hydrogen-bond acceptors (Lipinski definition) is 4. The number of benzene rings is 1. The van der Waals surface area contributed by atoms with Crippen molar-refractivity contribution in [2.24, 2.45) is 0 Å². The number of aromatic carboxylic acids is 1. The maximum atomic E-state index is 10.6. The Balaban J connectivity index is 0.00000169. The van der Waals surface area contributed by atoms with E-state index in [4.69, 9.17) is 15.6 Å². The van der Waals surface area contributed by atoms with E-state index >= 15 is 0 Å². The molecule has 0 bridgehead atoms. The van der Waals surface area contributed by atoms with Gasteiger partial charge in [0, 0.05) is 12.1 Å². The fourth-order valence-corrected chi connectivity index (χ4v) is 0.933. The van der Waals surface area contributed by atoms with Crippen LogP contribution in [0.25, 0.3) is 0 Å². The normalized spacial score (nSPS) is 8.93. The van der Waals surface area contributed by atoms with Crippen LogP contribution >= 0.6 is 12.4 Å². The number of carboxylic acids is 1. The fourth-order valence-electron chi connectivity index (χ4n) is 0.933. The number of ether oxygens (including phenoxy) is 1. The molecule has 0 heterocycles. The molecule has 0 amide bonds. The van der Waals surface area contributed by atoms with Gasteiger partial charge < -0.3 is 20.7 Å². The summed E-state index contributed by atoms with van der Waals surface area (Å²) in [7, 11) is 1.33. The molecule has 14 heavy (non-hydrogen) atoms. The lowest BCUT2D eigenvalue weighted by molar-refractivity contribution is 0.0697. The van der Waals surface area contributed by atoms with Crippen molar-refractivity contribution in [1.29, 1.82) is 0 Å². The van der Waals surface area contributed by atoms with E-state index in [0.717, 1.165) is 6.07 Å². The van der Waals surface area contributed by atoms with E-state index in [1.165, 1.54) is 13.2 Å². The maximum Gasteiger partial charge on any atom is 0.337 e. The van der Waals surface area contributed by atoms with Crippen LogP contribution in [0.2, 0.25) is 0 Å². The number of anilines is 1. The van der Waals surface area contributed by atoms with Crippen molar-refractivity contribution in [3.05, 3.63) is 17.7 Å². The predicted molar refractivity (Wildman–Crippen MR) is 53.3 cm³/mol. The van der Waals surface area contributed by atoms with E-state index < -0.39 is 5.97 Å². The number of nitrogen functional groups attached to an aromatic ring is 1. The van der Waals surface area contributed by atoms with Gasteiger partial charge in [-0.25, -0.2) is 4.79 Å². The van der Waals surface area contributed by atoms with Crippen LogP contribution in [-0.2, 0) is 0 Å². The predicted octanol–water partition coefficient (Wildman–Crippen LogP) is 1.10. The zero-order chi connectivity index (χ0) is 10.0. The first-order valence-electron chi connectivity index (χ1n) is 3.46. The molecular formula is C8H10ClNO4. The van der Waals surface area contributed by atoms with Crippen LogP contribution in [0.1, 0.15) is 10.4 Å². The minimum Gasteiger partial charge on any atom is -0.504 e. The molecule has 0 radical (unpaired) electrons. The molecule has 0 spiro atoms. The molecule has 0 aromatic heterocycles. The van der Waals surface area contributed by atoms with Crippen molar-refractivity contribution < 1.29 is 19.7 Å². The van der Waals surface area contributed by atoms with Crippen molar-refractivity contribution in [2.45, 2.75) is 0 Å². The summed E-state index contributed by atoms with van der Waals surface area (Å²) in [4.78, 5) is 10.6. The quantitative estimate of drug-likeness (QED) is 0.648.